The molecule has 0 heterocycles. The number of amides is 2. The van der Waals surface area contributed by atoms with Gasteiger partial charge in [0.1, 0.15) is 6.04 Å². The van der Waals surface area contributed by atoms with Crippen LogP contribution in [0.3, 0.4) is 0 Å². The fourth-order valence-corrected chi connectivity index (χ4v) is 3.81. The molecule has 29 heavy (non-hydrogen) atoms. The van der Waals surface area contributed by atoms with Crippen LogP contribution in [-0.4, -0.2) is 32.5 Å². The molecule has 2 aromatic rings. The maximum absolute atomic E-state index is 12.8. The fourth-order valence-electron chi connectivity index (χ4n) is 2.65. The lowest BCUT2D eigenvalue weighted by Gasteiger charge is -2.21. The van der Waals surface area contributed by atoms with E-state index in [9.17, 15) is 18.0 Å². The van der Waals surface area contributed by atoms with Gasteiger partial charge in [0.2, 0.25) is 5.91 Å². The van der Waals surface area contributed by atoms with Crippen LogP contribution in [0.5, 0.6) is 0 Å². The number of nitrogens with one attached hydrogen (secondary N) is 2. The highest BCUT2D eigenvalue weighted by Crippen LogP contribution is 2.22. The summed E-state index contributed by atoms with van der Waals surface area (Å²) in [7, 11) is -3.41. The molecule has 0 saturated heterocycles. The molecular formula is C20H22Cl2N2O4S. The molecule has 0 aromatic heterocycles. The number of sulfone groups is 1. The summed E-state index contributed by atoms with van der Waals surface area (Å²) in [6, 6.07) is 9.57. The van der Waals surface area contributed by atoms with E-state index in [-0.39, 0.29) is 21.4 Å². The highest BCUT2D eigenvalue weighted by Gasteiger charge is 2.24. The van der Waals surface area contributed by atoms with Gasteiger partial charge < -0.3 is 10.6 Å². The SMILES string of the molecule is CC(C)CC(NC(=O)c1ccc(Cl)cc1Cl)C(=O)Nc1cccc(S(C)(=O)=O)c1. The summed E-state index contributed by atoms with van der Waals surface area (Å²) in [5.74, 6) is -0.839. The van der Waals surface area contributed by atoms with Gasteiger partial charge in [-0.2, -0.15) is 0 Å². The maximum atomic E-state index is 12.8. The van der Waals surface area contributed by atoms with E-state index in [1.54, 1.807) is 6.07 Å². The lowest BCUT2D eigenvalue weighted by atomic mass is 10.0. The third-order valence-corrected chi connectivity index (χ3v) is 5.69. The molecule has 9 heteroatoms. The van der Waals surface area contributed by atoms with Crippen molar-refractivity contribution in [1.29, 1.82) is 0 Å². The predicted molar refractivity (Wildman–Crippen MR) is 115 cm³/mol. The van der Waals surface area contributed by atoms with Crippen LogP contribution in [0.1, 0.15) is 30.6 Å². The van der Waals surface area contributed by atoms with Crippen molar-refractivity contribution >= 4 is 50.5 Å². The van der Waals surface area contributed by atoms with Crippen molar-refractivity contribution in [1.82, 2.24) is 5.32 Å². The summed E-state index contributed by atoms with van der Waals surface area (Å²) in [5.41, 5.74) is 0.530. The van der Waals surface area contributed by atoms with Crippen molar-refractivity contribution in [2.75, 3.05) is 11.6 Å². The first-order chi connectivity index (χ1) is 13.5. The number of hydrogen-bond donors (Lipinski definition) is 2. The zero-order chi connectivity index (χ0) is 21.8. The van der Waals surface area contributed by atoms with E-state index in [2.05, 4.69) is 10.6 Å². The molecule has 2 amide bonds. The monoisotopic (exact) mass is 456 g/mol. The molecule has 0 bridgehead atoms. The second-order valence-corrected chi connectivity index (χ2v) is 9.93. The van der Waals surface area contributed by atoms with Gasteiger partial charge in [0.15, 0.2) is 9.84 Å². The van der Waals surface area contributed by atoms with Crippen molar-refractivity contribution in [2.24, 2.45) is 5.92 Å². The largest absolute Gasteiger partial charge is 0.340 e. The molecule has 0 spiro atoms. The van der Waals surface area contributed by atoms with Crippen molar-refractivity contribution in [3.63, 3.8) is 0 Å². The highest BCUT2D eigenvalue weighted by molar-refractivity contribution is 7.90. The van der Waals surface area contributed by atoms with Gasteiger partial charge in [-0.1, -0.05) is 43.1 Å². The Labute approximate surface area is 180 Å². The van der Waals surface area contributed by atoms with E-state index >= 15 is 0 Å². The Hall–Kier alpha value is -2.09. The van der Waals surface area contributed by atoms with E-state index in [1.165, 1.54) is 36.4 Å². The molecule has 0 fully saturated rings. The first-order valence-electron chi connectivity index (χ1n) is 8.84. The summed E-state index contributed by atoms with van der Waals surface area (Å²) in [4.78, 5) is 25.5. The van der Waals surface area contributed by atoms with Crippen LogP contribution < -0.4 is 10.6 Å². The Morgan fingerprint density at radius 1 is 1.07 bits per heavy atom. The second kappa shape index (κ2) is 9.61. The molecule has 2 N–H and O–H groups in total. The lowest BCUT2D eigenvalue weighted by molar-refractivity contribution is -0.118. The van der Waals surface area contributed by atoms with Crippen molar-refractivity contribution in [2.45, 2.75) is 31.2 Å². The molecule has 156 valence electrons. The number of benzene rings is 2. The van der Waals surface area contributed by atoms with E-state index in [0.717, 1.165) is 6.26 Å². The van der Waals surface area contributed by atoms with Crippen LogP contribution in [0.4, 0.5) is 5.69 Å². The Balaban J connectivity index is 2.21. The third-order valence-electron chi connectivity index (χ3n) is 4.03. The Kier molecular flexibility index (Phi) is 7.68. The topological polar surface area (TPSA) is 92.3 Å². The summed E-state index contributed by atoms with van der Waals surface area (Å²) in [6.45, 7) is 3.85. The molecule has 0 aliphatic rings. The van der Waals surface area contributed by atoms with Gasteiger partial charge in [-0.25, -0.2) is 8.42 Å². The van der Waals surface area contributed by atoms with Crippen LogP contribution in [0.2, 0.25) is 10.0 Å². The Morgan fingerprint density at radius 2 is 1.76 bits per heavy atom. The minimum Gasteiger partial charge on any atom is -0.340 e. The molecule has 2 rings (SSSR count). The molecule has 0 saturated carbocycles. The maximum Gasteiger partial charge on any atom is 0.253 e. The van der Waals surface area contributed by atoms with Gasteiger partial charge in [0, 0.05) is 17.0 Å². The first kappa shape index (κ1) is 23.2. The standard InChI is InChI=1S/C20H22Cl2N2O4S/c1-12(2)9-18(24-19(25)16-8-7-13(21)10-17(16)22)20(26)23-14-5-4-6-15(11-14)29(3,27)28/h4-8,10-12,18H,9H2,1-3H3,(H,23,26)(H,24,25). The fraction of sp³-hybridized carbons (Fsp3) is 0.300. The predicted octanol–water partition coefficient (Wildman–Crippen LogP) is 4.18. The highest BCUT2D eigenvalue weighted by atomic mass is 35.5. The summed E-state index contributed by atoms with van der Waals surface area (Å²) in [5, 5.41) is 5.94. The number of rotatable bonds is 7. The molecule has 2 aromatic carbocycles. The summed E-state index contributed by atoms with van der Waals surface area (Å²) in [6.07, 6.45) is 1.47. The normalized spacial score (nSPS) is 12.5. The molecule has 0 aliphatic carbocycles. The number of carbonyl (C=O) groups is 2. The van der Waals surface area contributed by atoms with Gasteiger partial charge in [-0.3, -0.25) is 9.59 Å². The number of halogens is 2. The molecule has 0 aliphatic heterocycles. The van der Waals surface area contributed by atoms with Crippen LogP contribution in [0.25, 0.3) is 0 Å². The zero-order valence-corrected chi connectivity index (χ0v) is 18.5. The Morgan fingerprint density at radius 3 is 2.34 bits per heavy atom. The number of carbonyl (C=O) groups excluding carboxylic acids is 2. The van der Waals surface area contributed by atoms with Crippen LogP contribution in [0.15, 0.2) is 47.4 Å². The van der Waals surface area contributed by atoms with Crippen molar-refractivity contribution in [3.05, 3.63) is 58.1 Å². The molecule has 1 unspecified atom stereocenters. The van der Waals surface area contributed by atoms with Crippen LogP contribution in [0, 0.1) is 5.92 Å². The van der Waals surface area contributed by atoms with Gasteiger partial charge in [-0.05, 0) is 48.7 Å². The first-order valence-corrected chi connectivity index (χ1v) is 11.5. The van der Waals surface area contributed by atoms with Crippen LogP contribution >= 0.6 is 23.2 Å². The molecular weight excluding hydrogens is 435 g/mol. The number of anilines is 1. The van der Waals surface area contributed by atoms with Gasteiger partial charge >= 0.3 is 0 Å². The average Bonchev–Trinajstić information content (AvgIpc) is 2.60. The number of hydrogen-bond acceptors (Lipinski definition) is 4. The zero-order valence-electron chi connectivity index (χ0n) is 16.2. The average molecular weight is 457 g/mol. The smallest absolute Gasteiger partial charge is 0.253 e. The minimum atomic E-state index is -3.41. The Bertz CT molecular complexity index is 1020. The van der Waals surface area contributed by atoms with Crippen molar-refractivity contribution in [3.8, 4) is 0 Å². The minimum absolute atomic E-state index is 0.0905. The summed E-state index contributed by atoms with van der Waals surface area (Å²) < 4.78 is 23.4. The molecule has 6 nitrogen and oxygen atoms in total. The molecule has 0 radical (unpaired) electrons. The quantitative estimate of drug-likeness (QED) is 0.653. The lowest BCUT2D eigenvalue weighted by Crippen LogP contribution is -2.44. The van der Waals surface area contributed by atoms with E-state index in [1.807, 2.05) is 13.8 Å². The van der Waals surface area contributed by atoms with Crippen LogP contribution in [-0.2, 0) is 14.6 Å². The van der Waals surface area contributed by atoms with E-state index < -0.39 is 27.7 Å². The van der Waals surface area contributed by atoms with Gasteiger partial charge in [0.05, 0.1) is 15.5 Å². The molecule has 1 atom stereocenters. The van der Waals surface area contributed by atoms with Crippen molar-refractivity contribution < 1.29 is 18.0 Å². The van der Waals surface area contributed by atoms with E-state index in [4.69, 9.17) is 23.2 Å². The van der Waals surface area contributed by atoms with E-state index in [0.29, 0.717) is 17.1 Å². The van der Waals surface area contributed by atoms with Gasteiger partial charge in [0.25, 0.3) is 5.91 Å². The van der Waals surface area contributed by atoms with Gasteiger partial charge in [-0.15, -0.1) is 0 Å². The summed E-state index contributed by atoms with van der Waals surface area (Å²) >= 11 is 11.9. The second-order valence-electron chi connectivity index (χ2n) is 7.07. The third kappa shape index (κ3) is 6.73.